The summed E-state index contributed by atoms with van der Waals surface area (Å²) in [4.78, 5) is 5.59. The molecule has 0 radical (unpaired) electrons. The number of nitrogens with one attached hydrogen (secondary N) is 1. The van der Waals surface area contributed by atoms with Crippen LogP contribution in [0, 0.1) is 6.92 Å². The summed E-state index contributed by atoms with van der Waals surface area (Å²) < 4.78 is 0. The summed E-state index contributed by atoms with van der Waals surface area (Å²) in [6, 6.07) is 5.87. The molecule has 1 aromatic carbocycles. The van der Waals surface area contributed by atoms with E-state index in [1.807, 2.05) is 18.3 Å². The van der Waals surface area contributed by atoms with Gasteiger partial charge in [-0.25, -0.2) is 4.98 Å². The van der Waals surface area contributed by atoms with Crippen molar-refractivity contribution in [1.29, 1.82) is 0 Å². The molecule has 2 rings (SSSR count). The summed E-state index contributed by atoms with van der Waals surface area (Å²) in [5.41, 5.74) is 1.09. The predicted molar refractivity (Wildman–Crippen MR) is 83.2 cm³/mol. The van der Waals surface area contributed by atoms with E-state index in [1.54, 1.807) is 17.4 Å². The zero-order valence-electron chi connectivity index (χ0n) is 10.9. The number of benzene rings is 1. The summed E-state index contributed by atoms with van der Waals surface area (Å²) in [5, 5.41) is 5.97. The van der Waals surface area contributed by atoms with Gasteiger partial charge >= 0.3 is 0 Å². The van der Waals surface area contributed by atoms with Crippen molar-refractivity contribution in [1.82, 2.24) is 10.3 Å². The highest BCUT2D eigenvalue weighted by Crippen LogP contribution is 2.28. The Morgan fingerprint density at radius 1 is 1.37 bits per heavy atom. The molecule has 0 bridgehead atoms. The summed E-state index contributed by atoms with van der Waals surface area (Å²) in [7, 11) is 0. The number of nitrogens with zero attached hydrogens (tertiary/aromatic N) is 1. The van der Waals surface area contributed by atoms with Gasteiger partial charge in [-0.3, -0.25) is 0 Å². The van der Waals surface area contributed by atoms with E-state index < -0.39 is 0 Å². The number of rotatable bonds is 5. The molecule has 0 amide bonds. The standard InChI is InChI=1S/C14H16Cl2N2S/c1-3-13(11-5-4-10(15)6-12(11)16)17-8-14-18-7-9(2)19-14/h4-7,13,17H,3,8H2,1-2H3. The Hall–Kier alpha value is -0.610. The minimum Gasteiger partial charge on any atom is -0.304 e. The molecule has 1 aromatic heterocycles. The number of halogens is 2. The Morgan fingerprint density at radius 2 is 2.16 bits per heavy atom. The molecule has 19 heavy (non-hydrogen) atoms. The number of hydrogen-bond donors (Lipinski definition) is 1. The van der Waals surface area contributed by atoms with E-state index >= 15 is 0 Å². The minimum absolute atomic E-state index is 0.217. The van der Waals surface area contributed by atoms with Crippen molar-refractivity contribution in [2.45, 2.75) is 32.9 Å². The topological polar surface area (TPSA) is 24.9 Å². The Labute approximate surface area is 127 Å². The van der Waals surface area contributed by atoms with E-state index in [2.05, 4.69) is 24.1 Å². The van der Waals surface area contributed by atoms with Gasteiger partial charge in [0.2, 0.25) is 0 Å². The number of aromatic nitrogens is 1. The molecule has 5 heteroatoms. The van der Waals surface area contributed by atoms with Gasteiger partial charge in [0.25, 0.3) is 0 Å². The summed E-state index contributed by atoms with van der Waals surface area (Å²) in [6.07, 6.45) is 2.86. The number of hydrogen-bond acceptors (Lipinski definition) is 3. The van der Waals surface area contributed by atoms with Crippen molar-refractivity contribution in [2.24, 2.45) is 0 Å². The Bertz CT molecular complexity index is 554. The molecule has 2 aromatic rings. The van der Waals surface area contributed by atoms with E-state index in [9.17, 15) is 0 Å². The van der Waals surface area contributed by atoms with Gasteiger partial charge in [-0.15, -0.1) is 11.3 Å². The molecule has 0 aliphatic carbocycles. The van der Waals surface area contributed by atoms with Crippen molar-refractivity contribution >= 4 is 34.5 Å². The molecule has 2 nitrogen and oxygen atoms in total. The maximum Gasteiger partial charge on any atom is 0.107 e. The van der Waals surface area contributed by atoms with Gasteiger partial charge in [-0.2, -0.15) is 0 Å². The van der Waals surface area contributed by atoms with E-state index in [-0.39, 0.29) is 6.04 Å². The van der Waals surface area contributed by atoms with Crippen molar-refractivity contribution in [2.75, 3.05) is 0 Å². The first-order chi connectivity index (χ1) is 9.10. The first-order valence-corrected chi connectivity index (χ1v) is 7.77. The number of aryl methyl sites for hydroxylation is 1. The van der Waals surface area contributed by atoms with Crippen LogP contribution in [0.4, 0.5) is 0 Å². The Kier molecular flexibility index (Phi) is 5.22. The molecule has 102 valence electrons. The van der Waals surface area contributed by atoms with Crippen LogP contribution in [0.5, 0.6) is 0 Å². The van der Waals surface area contributed by atoms with Gasteiger partial charge in [0, 0.05) is 33.7 Å². The van der Waals surface area contributed by atoms with Gasteiger partial charge in [0.15, 0.2) is 0 Å². The van der Waals surface area contributed by atoms with Crippen LogP contribution >= 0.6 is 34.5 Å². The highest BCUT2D eigenvalue weighted by atomic mass is 35.5. The molecule has 0 saturated heterocycles. The highest BCUT2D eigenvalue weighted by Gasteiger charge is 2.13. The Balaban J connectivity index is 2.07. The van der Waals surface area contributed by atoms with Crippen LogP contribution in [0.25, 0.3) is 0 Å². The SMILES string of the molecule is CCC(NCc1ncc(C)s1)c1ccc(Cl)cc1Cl. The lowest BCUT2D eigenvalue weighted by Crippen LogP contribution is -2.20. The molecule has 0 spiro atoms. The number of thiazole rings is 1. The second kappa shape index (κ2) is 6.71. The Morgan fingerprint density at radius 3 is 2.74 bits per heavy atom. The van der Waals surface area contributed by atoms with Crippen LogP contribution in [0.2, 0.25) is 10.0 Å². The molecule has 0 aliphatic rings. The normalized spacial score (nSPS) is 12.6. The largest absolute Gasteiger partial charge is 0.304 e. The van der Waals surface area contributed by atoms with Crippen LogP contribution in [-0.2, 0) is 6.54 Å². The van der Waals surface area contributed by atoms with Crippen molar-refractivity contribution < 1.29 is 0 Å². The van der Waals surface area contributed by atoms with E-state index in [0.717, 1.165) is 23.5 Å². The third kappa shape index (κ3) is 3.93. The third-order valence-electron chi connectivity index (χ3n) is 2.91. The highest BCUT2D eigenvalue weighted by molar-refractivity contribution is 7.11. The van der Waals surface area contributed by atoms with Crippen molar-refractivity contribution in [3.05, 3.63) is 49.9 Å². The van der Waals surface area contributed by atoms with Crippen molar-refractivity contribution in [3.63, 3.8) is 0 Å². The fraction of sp³-hybridized carbons (Fsp3) is 0.357. The average molecular weight is 315 g/mol. The summed E-state index contributed by atoms with van der Waals surface area (Å²) in [5.74, 6) is 0. The van der Waals surface area contributed by atoms with E-state index in [0.29, 0.717) is 10.0 Å². The quantitative estimate of drug-likeness (QED) is 0.840. The molecule has 0 fully saturated rings. The van der Waals surface area contributed by atoms with Crippen LogP contribution < -0.4 is 5.32 Å². The summed E-state index contributed by atoms with van der Waals surface area (Å²) in [6.45, 7) is 4.96. The fourth-order valence-electron chi connectivity index (χ4n) is 1.95. The first kappa shape index (κ1) is 14.8. The lowest BCUT2D eigenvalue weighted by molar-refractivity contribution is 0.518. The molecule has 1 atom stereocenters. The zero-order valence-corrected chi connectivity index (χ0v) is 13.2. The van der Waals surface area contributed by atoms with E-state index in [4.69, 9.17) is 23.2 Å². The molecular formula is C14H16Cl2N2S. The molecule has 0 saturated carbocycles. The van der Waals surface area contributed by atoms with E-state index in [1.165, 1.54) is 4.88 Å². The minimum atomic E-state index is 0.217. The molecule has 1 heterocycles. The molecular weight excluding hydrogens is 299 g/mol. The van der Waals surface area contributed by atoms with Gasteiger partial charge in [-0.1, -0.05) is 36.2 Å². The molecule has 1 unspecified atom stereocenters. The van der Waals surface area contributed by atoms with Crippen LogP contribution in [0.15, 0.2) is 24.4 Å². The predicted octanol–water partition coefficient (Wildman–Crippen LogP) is 5.00. The average Bonchev–Trinajstić information content (AvgIpc) is 2.78. The van der Waals surface area contributed by atoms with Crippen LogP contribution in [-0.4, -0.2) is 4.98 Å². The fourth-order valence-corrected chi connectivity index (χ4v) is 3.23. The maximum atomic E-state index is 6.25. The lowest BCUT2D eigenvalue weighted by Gasteiger charge is -2.18. The molecule has 1 N–H and O–H groups in total. The van der Waals surface area contributed by atoms with Gasteiger partial charge < -0.3 is 5.32 Å². The van der Waals surface area contributed by atoms with Gasteiger partial charge in [-0.05, 0) is 31.0 Å². The zero-order chi connectivity index (χ0) is 13.8. The summed E-state index contributed by atoms with van der Waals surface area (Å²) >= 11 is 13.9. The lowest BCUT2D eigenvalue weighted by atomic mass is 10.0. The van der Waals surface area contributed by atoms with Gasteiger partial charge in [0.05, 0.1) is 0 Å². The third-order valence-corrected chi connectivity index (χ3v) is 4.39. The van der Waals surface area contributed by atoms with Crippen molar-refractivity contribution in [3.8, 4) is 0 Å². The van der Waals surface area contributed by atoms with Crippen LogP contribution in [0.3, 0.4) is 0 Å². The second-order valence-electron chi connectivity index (χ2n) is 4.37. The molecule has 0 aliphatic heterocycles. The smallest absolute Gasteiger partial charge is 0.107 e. The van der Waals surface area contributed by atoms with Gasteiger partial charge in [0.1, 0.15) is 5.01 Å². The maximum absolute atomic E-state index is 6.25. The monoisotopic (exact) mass is 314 g/mol. The first-order valence-electron chi connectivity index (χ1n) is 6.19. The van der Waals surface area contributed by atoms with Crippen LogP contribution in [0.1, 0.15) is 34.8 Å². The second-order valence-corrected chi connectivity index (χ2v) is 6.54.